The van der Waals surface area contributed by atoms with E-state index in [1.807, 2.05) is 30.0 Å². The predicted octanol–water partition coefficient (Wildman–Crippen LogP) is 2.62. The number of β-amino-alcohol motifs (C(OH)–C–C–N with tert-alkyl or cyclic N) is 1. The smallest absolute Gasteiger partial charge is 0.272 e. The van der Waals surface area contributed by atoms with Gasteiger partial charge in [0.05, 0.1) is 23.1 Å². The van der Waals surface area contributed by atoms with Gasteiger partial charge in [0.15, 0.2) is 16.6 Å². The van der Waals surface area contributed by atoms with Crippen LogP contribution >= 0.6 is 11.3 Å². The van der Waals surface area contributed by atoms with Crippen molar-refractivity contribution in [2.24, 2.45) is 0 Å². The molecule has 1 atom stereocenters. The Morgan fingerprint density at radius 2 is 2.18 bits per heavy atom. The molecule has 5 heterocycles. The van der Waals surface area contributed by atoms with Crippen LogP contribution in [-0.4, -0.2) is 68.4 Å². The summed E-state index contributed by atoms with van der Waals surface area (Å²) >= 11 is 1.40. The third kappa shape index (κ3) is 4.58. The van der Waals surface area contributed by atoms with Gasteiger partial charge in [-0.3, -0.25) is 9.78 Å². The molecule has 34 heavy (non-hydrogen) atoms. The maximum Gasteiger partial charge on any atom is 0.272 e. The van der Waals surface area contributed by atoms with E-state index in [4.69, 9.17) is 10.1 Å². The second kappa shape index (κ2) is 9.37. The van der Waals surface area contributed by atoms with Gasteiger partial charge >= 0.3 is 0 Å². The lowest BCUT2D eigenvalue weighted by Gasteiger charge is -2.20. The maximum absolute atomic E-state index is 13.1. The van der Waals surface area contributed by atoms with Crippen molar-refractivity contribution in [1.82, 2.24) is 19.9 Å². The van der Waals surface area contributed by atoms with Gasteiger partial charge in [-0.25, -0.2) is 9.97 Å². The zero-order chi connectivity index (χ0) is 23.7. The van der Waals surface area contributed by atoms with Crippen LogP contribution in [0, 0.1) is 6.92 Å². The van der Waals surface area contributed by atoms with Gasteiger partial charge in [0.2, 0.25) is 0 Å². The molecule has 5 N–H and O–H groups in total. The van der Waals surface area contributed by atoms with Crippen molar-refractivity contribution in [3.05, 3.63) is 48.0 Å². The summed E-state index contributed by atoms with van der Waals surface area (Å²) in [6.45, 7) is 3.39. The summed E-state index contributed by atoms with van der Waals surface area (Å²) in [5.74, 6) is 0.287. The van der Waals surface area contributed by atoms with Crippen LogP contribution < -0.4 is 15.5 Å². The minimum atomic E-state index is -0.437. The number of carbonyl (C=O) groups is 1. The van der Waals surface area contributed by atoms with Gasteiger partial charge < -0.3 is 30.7 Å². The highest BCUT2D eigenvalue weighted by Gasteiger charge is 2.26. The summed E-state index contributed by atoms with van der Waals surface area (Å²) in [7, 11) is 0. The van der Waals surface area contributed by atoms with Crippen molar-refractivity contribution < 1.29 is 15.0 Å². The number of aromatic nitrogens is 4. The van der Waals surface area contributed by atoms with Crippen LogP contribution in [0.4, 0.5) is 16.6 Å². The van der Waals surface area contributed by atoms with Crippen LogP contribution in [0.2, 0.25) is 0 Å². The number of hydrogen-bond acceptors (Lipinski definition) is 9. The first-order valence-electron chi connectivity index (χ1n) is 11.0. The Kier molecular flexibility index (Phi) is 6.14. The van der Waals surface area contributed by atoms with Gasteiger partial charge in [-0.05, 0) is 43.2 Å². The first-order chi connectivity index (χ1) is 16.5. The van der Waals surface area contributed by atoms with Crippen LogP contribution in [0.3, 0.4) is 0 Å². The van der Waals surface area contributed by atoms with E-state index in [9.17, 15) is 9.90 Å². The minimum absolute atomic E-state index is 0.00122. The van der Waals surface area contributed by atoms with E-state index >= 15 is 0 Å². The second-order valence-electron chi connectivity index (χ2n) is 8.18. The topological polar surface area (TPSA) is 139 Å². The van der Waals surface area contributed by atoms with E-state index in [1.54, 1.807) is 18.5 Å². The molecule has 11 heteroatoms. The number of amides is 1. The molecule has 0 radical (unpaired) electrons. The summed E-state index contributed by atoms with van der Waals surface area (Å²) in [6, 6.07) is 7.53. The Morgan fingerprint density at radius 3 is 2.94 bits per heavy atom. The number of thiazole rings is 1. The first-order valence-corrected chi connectivity index (χ1v) is 11.8. The highest BCUT2D eigenvalue weighted by molar-refractivity contribution is 7.22. The van der Waals surface area contributed by atoms with Crippen molar-refractivity contribution in [2.75, 3.05) is 41.8 Å². The monoisotopic (exact) mass is 479 g/mol. The standard InChI is InChI=1S/C23H25N7O3S/c1-13-8-14(2-4-24-13)15-9-18(26-11-15)22(33)27-17-10-19-20(29-23(34-19)25-5-7-31)28-21(17)30-6-3-16(32)12-30/h2,4,8-11,16,26,31-32H,3,5-7,12H2,1H3,(H,27,33)(H,25,28,29)/t16-/m1/s1. The van der Waals surface area contributed by atoms with Gasteiger partial charge in [-0.1, -0.05) is 11.3 Å². The van der Waals surface area contributed by atoms with Crippen LogP contribution in [0.5, 0.6) is 0 Å². The third-order valence-electron chi connectivity index (χ3n) is 5.62. The molecule has 1 amide bonds. The van der Waals surface area contributed by atoms with Gasteiger partial charge in [-0.2, -0.15) is 0 Å². The number of aromatic amines is 1. The number of aliphatic hydroxyl groups is 2. The van der Waals surface area contributed by atoms with E-state index < -0.39 is 6.10 Å². The molecular formula is C23H25N7O3S. The predicted molar refractivity (Wildman–Crippen MR) is 133 cm³/mol. The number of H-pyrrole nitrogens is 1. The molecule has 1 fully saturated rings. The van der Waals surface area contributed by atoms with Crippen LogP contribution in [0.25, 0.3) is 21.5 Å². The molecule has 0 unspecified atom stereocenters. The number of anilines is 3. The highest BCUT2D eigenvalue weighted by Crippen LogP contribution is 2.34. The van der Waals surface area contributed by atoms with Crippen molar-refractivity contribution in [2.45, 2.75) is 19.4 Å². The summed E-state index contributed by atoms with van der Waals surface area (Å²) in [6.07, 6.45) is 3.74. The largest absolute Gasteiger partial charge is 0.395 e. The van der Waals surface area contributed by atoms with E-state index in [0.29, 0.717) is 54.0 Å². The summed E-state index contributed by atoms with van der Waals surface area (Å²) in [5, 5.41) is 25.8. The van der Waals surface area contributed by atoms with Crippen molar-refractivity contribution in [1.29, 1.82) is 0 Å². The molecule has 0 aromatic carbocycles. The van der Waals surface area contributed by atoms with Gasteiger partial charge in [0.25, 0.3) is 5.91 Å². The van der Waals surface area contributed by atoms with Crippen LogP contribution in [0.1, 0.15) is 22.6 Å². The lowest BCUT2D eigenvalue weighted by Crippen LogP contribution is -2.24. The number of pyridine rings is 2. The molecule has 1 aliphatic heterocycles. The fourth-order valence-electron chi connectivity index (χ4n) is 3.97. The first kappa shape index (κ1) is 22.3. The molecule has 5 rings (SSSR count). The number of carbonyl (C=O) groups excluding carboxylic acids is 1. The van der Waals surface area contributed by atoms with Crippen molar-refractivity contribution in [3.8, 4) is 11.1 Å². The van der Waals surface area contributed by atoms with Gasteiger partial charge in [0.1, 0.15) is 5.69 Å². The Labute approximate surface area is 199 Å². The summed E-state index contributed by atoms with van der Waals surface area (Å²) in [5.41, 5.74) is 4.31. The number of hydrogen-bond donors (Lipinski definition) is 5. The average molecular weight is 480 g/mol. The Morgan fingerprint density at radius 1 is 1.29 bits per heavy atom. The van der Waals surface area contributed by atoms with Gasteiger partial charge in [0, 0.05) is 43.3 Å². The molecule has 4 aromatic rings. The van der Waals surface area contributed by atoms with Crippen molar-refractivity contribution >= 4 is 44.2 Å². The summed E-state index contributed by atoms with van der Waals surface area (Å²) in [4.78, 5) is 31.6. The minimum Gasteiger partial charge on any atom is -0.395 e. The lowest BCUT2D eigenvalue weighted by molar-refractivity contribution is 0.102. The molecular weight excluding hydrogens is 454 g/mol. The van der Waals surface area contributed by atoms with Crippen LogP contribution in [-0.2, 0) is 0 Å². The number of aryl methyl sites for hydroxylation is 1. The molecule has 176 valence electrons. The van der Waals surface area contributed by atoms with E-state index in [2.05, 4.69) is 25.6 Å². The number of nitrogens with zero attached hydrogens (tertiary/aromatic N) is 4. The number of nitrogens with one attached hydrogen (secondary N) is 3. The Bertz CT molecular complexity index is 1340. The highest BCUT2D eigenvalue weighted by atomic mass is 32.1. The second-order valence-corrected chi connectivity index (χ2v) is 9.21. The summed E-state index contributed by atoms with van der Waals surface area (Å²) < 4.78 is 0.804. The molecule has 4 aromatic heterocycles. The van der Waals surface area contributed by atoms with Crippen LogP contribution in [0.15, 0.2) is 36.7 Å². The Balaban J connectivity index is 1.45. The number of aliphatic hydroxyl groups excluding tert-OH is 2. The molecule has 10 nitrogen and oxygen atoms in total. The zero-order valence-corrected chi connectivity index (χ0v) is 19.4. The average Bonchev–Trinajstić information content (AvgIpc) is 3.56. The van der Waals surface area contributed by atoms with Gasteiger partial charge in [-0.15, -0.1) is 0 Å². The molecule has 0 spiro atoms. The third-order valence-corrected chi connectivity index (χ3v) is 6.57. The van der Waals surface area contributed by atoms with Crippen molar-refractivity contribution in [3.63, 3.8) is 0 Å². The quantitative estimate of drug-likeness (QED) is 0.273. The fourth-order valence-corrected chi connectivity index (χ4v) is 4.84. The molecule has 1 saturated heterocycles. The molecule has 0 bridgehead atoms. The number of fused-ring (bicyclic) bond motifs is 1. The SMILES string of the molecule is Cc1cc(-c2c[nH]c(C(=O)Nc3cc4sc(NCCO)nc4nc3N3CC[C@@H](O)C3)c2)ccn1. The molecule has 0 saturated carbocycles. The molecule has 1 aliphatic rings. The van der Waals surface area contributed by atoms with E-state index in [-0.39, 0.29) is 12.5 Å². The van der Waals surface area contributed by atoms with E-state index in [0.717, 1.165) is 21.5 Å². The normalized spacial score (nSPS) is 15.7. The van der Waals surface area contributed by atoms with E-state index in [1.165, 1.54) is 11.3 Å². The maximum atomic E-state index is 13.1. The zero-order valence-electron chi connectivity index (χ0n) is 18.6. The molecule has 0 aliphatic carbocycles. The Hall–Kier alpha value is -3.54. The fraction of sp³-hybridized carbons (Fsp3) is 0.304. The number of rotatable bonds is 7. The lowest BCUT2D eigenvalue weighted by atomic mass is 10.1.